The molecule has 0 aromatic heterocycles. The molecule has 0 unspecified atom stereocenters. The highest BCUT2D eigenvalue weighted by Gasteiger charge is 2.32. The van der Waals surface area contributed by atoms with Gasteiger partial charge >= 0.3 is 6.18 Å². The van der Waals surface area contributed by atoms with Crippen LogP contribution in [0.1, 0.15) is 19.4 Å². The first kappa shape index (κ1) is 18.1. The first-order valence-corrected chi connectivity index (χ1v) is 7.39. The molecule has 0 saturated heterocycles. The normalized spacial score (nSPS) is 11.9. The van der Waals surface area contributed by atoms with Crippen LogP contribution < -0.4 is 10.1 Å². The van der Waals surface area contributed by atoms with Crippen molar-refractivity contribution in [3.05, 3.63) is 59.1 Å². The zero-order valence-electron chi connectivity index (χ0n) is 12.9. The van der Waals surface area contributed by atoms with E-state index in [1.165, 1.54) is 26.0 Å². The topological polar surface area (TPSA) is 38.3 Å². The van der Waals surface area contributed by atoms with Crippen LogP contribution in [-0.2, 0) is 11.0 Å². The maximum absolute atomic E-state index is 12.7. The lowest BCUT2D eigenvalue weighted by molar-refractivity contribution is -0.137. The SMILES string of the molecule is CC(C)(Oc1ccc(Cl)cc1)C(=O)Nc1cccc(C(F)(F)F)c1. The molecule has 7 heteroatoms. The Morgan fingerprint density at radius 2 is 1.71 bits per heavy atom. The molecule has 0 fully saturated rings. The highest BCUT2D eigenvalue weighted by atomic mass is 35.5. The number of benzene rings is 2. The summed E-state index contributed by atoms with van der Waals surface area (Å²) in [5, 5.41) is 2.96. The molecule has 2 rings (SSSR count). The zero-order chi connectivity index (χ0) is 18.0. The molecule has 0 aliphatic carbocycles. The third kappa shape index (κ3) is 4.64. The number of ether oxygens (including phenoxy) is 1. The molecule has 3 nitrogen and oxygen atoms in total. The average molecular weight is 358 g/mol. The Kier molecular flexibility index (Phi) is 5.08. The number of carbonyl (C=O) groups is 1. The molecule has 2 aromatic carbocycles. The van der Waals surface area contributed by atoms with Crippen LogP contribution in [0.5, 0.6) is 5.75 Å². The number of nitrogens with one attached hydrogen (secondary N) is 1. The summed E-state index contributed by atoms with van der Waals surface area (Å²) in [6.07, 6.45) is -4.48. The highest BCUT2D eigenvalue weighted by Crippen LogP contribution is 2.31. The Labute approximate surface area is 142 Å². The number of hydrogen-bond acceptors (Lipinski definition) is 2. The molecule has 24 heavy (non-hydrogen) atoms. The average Bonchev–Trinajstić information content (AvgIpc) is 2.49. The fourth-order valence-electron chi connectivity index (χ4n) is 1.90. The Balaban J connectivity index is 2.11. The number of amides is 1. The summed E-state index contributed by atoms with van der Waals surface area (Å²) in [4.78, 5) is 12.3. The van der Waals surface area contributed by atoms with Crippen LogP contribution in [0.3, 0.4) is 0 Å². The van der Waals surface area contributed by atoms with E-state index in [1.807, 2.05) is 0 Å². The van der Waals surface area contributed by atoms with Gasteiger partial charge in [0.25, 0.3) is 5.91 Å². The van der Waals surface area contributed by atoms with Gasteiger partial charge in [-0.25, -0.2) is 0 Å². The fourth-order valence-corrected chi connectivity index (χ4v) is 2.02. The van der Waals surface area contributed by atoms with Crippen LogP contribution in [0.25, 0.3) is 0 Å². The molecule has 0 radical (unpaired) electrons. The van der Waals surface area contributed by atoms with Gasteiger partial charge in [0, 0.05) is 10.7 Å². The summed E-state index contributed by atoms with van der Waals surface area (Å²) in [6.45, 7) is 3.04. The van der Waals surface area contributed by atoms with Gasteiger partial charge in [0.2, 0.25) is 0 Å². The Hall–Kier alpha value is -2.21. The van der Waals surface area contributed by atoms with Crippen molar-refractivity contribution >= 4 is 23.2 Å². The largest absolute Gasteiger partial charge is 0.478 e. The number of alkyl halides is 3. The number of carbonyl (C=O) groups excluding carboxylic acids is 1. The predicted molar refractivity (Wildman–Crippen MR) is 86.2 cm³/mol. The highest BCUT2D eigenvalue weighted by molar-refractivity contribution is 6.30. The Bertz CT molecular complexity index is 727. The van der Waals surface area contributed by atoms with Gasteiger partial charge in [-0.15, -0.1) is 0 Å². The number of anilines is 1. The number of halogens is 4. The van der Waals surface area contributed by atoms with Crippen LogP contribution >= 0.6 is 11.6 Å². The molecule has 0 aliphatic rings. The van der Waals surface area contributed by atoms with Crippen molar-refractivity contribution in [3.63, 3.8) is 0 Å². The molecule has 0 spiro atoms. The second kappa shape index (κ2) is 6.73. The Morgan fingerprint density at radius 3 is 2.29 bits per heavy atom. The van der Waals surface area contributed by atoms with Crippen LogP contribution in [-0.4, -0.2) is 11.5 Å². The molecule has 0 heterocycles. The summed E-state index contributed by atoms with van der Waals surface area (Å²) in [5.41, 5.74) is -2.08. The lowest BCUT2D eigenvalue weighted by Gasteiger charge is -2.25. The van der Waals surface area contributed by atoms with Gasteiger partial charge in [0.05, 0.1) is 5.56 Å². The first-order valence-electron chi connectivity index (χ1n) is 7.01. The molecule has 1 N–H and O–H groups in total. The molecule has 0 bridgehead atoms. The quantitative estimate of drug-likeness (QED) is 0.821. The standard InChI is InChI=1S/C17H15ClF3NO2/c1-16(2,24-14-8-6-12(18)7-9-14)15(23)22-13-5-3-4-11(10-13)17(19,20)21/h3-10H,1-2H3,(H,22,23). The van der Waals surface area contributed by atoms with Gasteiger partial charge in [-0.05, 0) is 56.3 Å². The minimum Gasteiger partial charge on any atom is -0.478 e. The van der Waals surface area contributed by atoms with E-state index in [-0.39, 0.29) is 5.69 Å². The minimum absolute atomic E-state index is 0.0441. The fraction of sp³-hybridized carbons (Fsp3) is 0.235. The molecule has 1 amide bonds. The summed E-state index contributed by atoms with van der Waals surface area (Å²) in [5.74, 6) is -0.152. The molecular weight excluding hydrogens is 343 g/mol. The monoisotopic (exact) mass is 357 g/mol. The van der Waals surface area contributed by atoms with Crippen molar-refractivity contribution < 1.29 is 22.7 Å². The smallest absolute Gasteiger partial charge is 0.416 e. The van der Waals surface area contributed by atoms with E-state index in [9.17, 15) is 18.0 Å². The maximum atomic E-state index is 12.7. The van der Waals surface area contributed by atoms with Crippen molar-refractivity contribution in [2.45, 2.75) is 25.6 Å². The van der Waals surface area contributed by atoms with Crippen molar-refractivity contribution in [1.29, 1.82) is 0 Å². The van der Waals surface area contributed by atoms with E-state index in [4.69, 9.17) is 16.3 Å². The molecule has 0 atom stereocenters. The number of rotatable bonds is 4. The van der Waals surface area contributed by atoms with Gasteiger partial charge in [0.15, 0.2) is 5.60 Å². The summed E-state index contributed by atoms with van der Waals surface area (Å²) < 4.78 is 43.7. The van der Waals surface area contributed by atoms with E-state index >= 15 is 0 Å². The number of hydrogen-bond donors (Lipinski definition) is 1. The van der Waals surface area contributed by atoms with E-state index in [0.717, 1.165) is 12.1 Å². The second-order valence-corrected chi connectivity index (χ2v) is 6.04. The third-order valence-electron chi connectivity index (χ3n) is 3.18. The van der Waals surface area contributed by atoms with E-state index in [1.54, 1.807) is 24.3 Å². The maximum Gasteiger partial charge on any atom is 0.416 e. The van der Waals surface area contributed by atoms with Crippen molar-refractivity contribution in [1.82, 2.24) is 0 Å². The van der Waals surface area contributed by atoms with E-state index < -0.39 is 23.2 Å². The van der Waals surface area contributed by atoms with E-state index in [2.05, 4.69) is 5.32 Å². The van der Waals surface area contributed by atoms with Crippen molar-refractivity contribution in [3.8, 4) is 5.75 Å². The van der Waals surface area contributed by atoms with Crippen LogP contribution in [0, 0.1) is 0 Å². The molecule has 128 valence electrons. The lowest BCUT2D eigenvalue weighted by atomic mass is 10.1. The van der Waals surface area contributed by atoms with Gasteiger partial charge in [0.1, 0.15) is 5.75 Å². The molecule has 0 aliphatic heterocycles. The second-order valence-electron chi connectivity index (χ2n) is 5.60. The molecule has 2 aromatic rings. The van der Waals surface area contributed by atoms with Crippen LogP contribution in [0.4, 0.5) is 18.9 Å². The van der Waals surface area contributed by atoms with Gasteiger partial charge in [-0.2, -0.15) is 13.2 Å². The Morgan fingerprint density at radius 1 is 1.08 bits per heavy atom. The van der Waals surface area contributed by atoms with Crippen LogP contribution in [0.2, 0.25) is 5.02 Å². The van der Waals surface area contributed by atoms with Gasteiger partial charge in [-0.3, -0.25) is 4.79 Å². The molecule has 0 saturated carbocycles. The minimum atomic E-state index is -4.48. The summed E-state index contributed by atoms with van der Waals surface area (Å²) >= 11 is 5.78. The third-order valence-corrected chi connectivity index (χ3v) is 3.43. The lowest BCUT2D eigenvalue weighted by Crippen LogP contribution is -2.42. The van der Waals surface area contributed by atoms with E-state index in [0.29, 0.717) is 10.8 Å². The molecular formula is C17H15ClF3NO2. The van der Waals surface area contributed by atoms with Gasteiger partial charge < -0.3 is 10.1 Å². The zero-order valence-corrected chi connectivity index (χ0v) is 13.7. The summed E-state index contributed by atoms with van der Waals surface area (Å²) in [6, 6.07) is 10.8. The van der Waals surface area contributed by atoms with Crippen molar-refractivity contribution in [2.75, 3.05) is 5.32 Å². The summed E-state index contributed by atoms with van der Waals surface area (Å²) in [7, 11) is 0. The first-order chi connectivity index (χ1) is 11.1. The predicted octanol–water partition coefficient (Wildman–Crippen LogP) is 5.15. The van der Waals surface area contributed by atoms with Gasteiger partial charge in [-0.1, -0.05) is 17.7 Å². The van der Waals surface area contributed by atoms with Crippen LogP contribution in [0.15, 0.2) is 48.5 Å². The van der Waals surface area contributed by atoms with Crippen molar-refractivity contribution in [2.24, 2.45) is 0 Å².